The minimum absolute atomic E-state index is 0.170. The van der Waals surface area contributed by atoms with Gasteiger partial charge in [-0.2, -0.15) is 0 Å². The van der Waals surface area contributed by atoms with Gasteiger partial charge in [0.15, 0.2) is 0 Å². The molecule has 0 aromatic carbocycles. The number of allylic oxidation sites excluding steroid dienone is 2. The second-order valence-corrected chi connectivity index (χ2v) is 6.47. The molecule has 1 saturated carbocycles. The van der Waals surface area contributed by atoms with E-state index in [1.807, 2.05) is 12.2 Å². The van der Waals surface area contributed by atoms with Gasteiger partial charge in [-0.15, -0.1) is 0 Å². The summed E-state index contributed by atoms with van der Waals surface area (Å²) >= 11 is 0. The summed E-state index contributed by atoms with van der Waals surface area (Å²) in [6.45, 7) is 8.32. The first kappa shape index (κ1) is 14.1. The molecular weight excluding hydrogens is 244 g/mol. The van der Waals surface area contributed by atoms with Crippen LogP contribution in [0.15, 0.2) is 12.2 Å². The average Bonchev–Trinajstić information content (AvgIpc) is 2.79. The molecule has 0 aromatic rings. The molecule has 0 saturated heterocycles. The van der Waals surface area contributed by atoms with Crippen LogP contribution in [0.25, 0.3) is 0 Å². The normalized spacial score (nSPS) is 35.3. The highest BCUT2D eigenvalue weighted by Gasteiger charge is 2.67. The molecule has 1 fully saturated rings. The van der Waals surface area contributed by atoms with E-state index in [1.165, 1.54) is 0 Å². The van der Waals surface area contributed by atoms with Crippen molar-refractivity contribution in [3.8, 4) is 0 Å². The van der Waals surface area contributed by atoms with Crippen molar-refractivity contribution < 1.29 is 19.8 Å². The van der Waals surface area contributed by atoms with E-state index >= 15 is 0 Å². The maximum absolute atomic E-state index is 11.5. The van der Waals surface area contributed by atoms with Gasteiger partial charge in [0.05, 0.1) is 11.8 Å². The van der Waals surface area contributed by atoms with Crippen LogP contribution < -0.4 is 0 Å². The fourth-order valence-electron chi connectivity index (χ4n) is 4.92. The number of rotatable bonds is 4. The summed E-state index contributed by atoms with van der Waals surface area (Å²) < 4.78 is 0. The van der Waals surface area contributed by atoms with Crippen molar-refractivity contribution in [1.82, 2.24) is 0 Å². The van der Waals surface area contributed by atoms with Gasteiger partial charge >= 0.3 is 11.9 Å². The second kappa shape index (κ2) is 4.36. The minimum Gasteiger partial charge on any atom is -0.481 e. The van der Waals surface area contributed by atoms with E-state index < -0.39 is 23.8 Å². The highest BCUT2D eigenvalue weighted by Crippen LogP contribution is 2.66. The third-order valence-electron chi connectivity index (χ3n) is 5.41. The van der Waals surface area contributed by atoms with E-state index in [9.17, 15) is 19.8 Å². The molecule has 106 valence electrons. The molecule has 0 amide bonds. The second-order valence-electron chi connectivity index (χ2n) is 6.47. The molecule has 2 rings (SSSR count). The Hall–Kier alpha value is -1.32. The molecule has 2 aliphatic rings. The highest BCUT2D eigenvalue weighted by atomic mass is 16.4. The topological polar surface area (TPSA) is 74.6 Å². The Labute approximate surface area is 113 Å². The van der Waals surface area contributed by atoms with Crippen molar-refractivity contribution in [1.29, 1.82) is 0 Å². The lowest BCUT2D eigenvalue weighted by Gasteiger charge is -2.43. The number of carboxylic acid groups (broad SMARTS) is 2. The SMILES string of the molecule is CC(C)C1(C(C)C)C2C=CC1C(C(=O)O)C2C(=O)O. The maximum atomic E-state index is 11.5. The first-order valence-electron chi connectivity index (χ1n) is 6.90. The van der Waals surface area contributed by atoms with E-state index in [1.54, 1.807) is 0 Å². The van der Waals surface area contributed by atoms with E-state index in [4.69, 9.17) is 0 Å². The summed E-state index contributed by atoms with van der Waals surface area (Å²) in [5, 5.41) is 18.9. The average molecular weight is 266 g/mol. The van der Waals surface area contributed by atoms with Gasteiger partial charge in [0, 0.05) is 0 Å². The molecule has 2 aliphatic carbocycles. The molecule has 0 aliphatic heterocycles. The van der Waals surface area contributed by atoms with Gasteiger partial charge in [0.25, 0.3) is 0 Å². The number of carbonyl (C=O) groups is 2. The van der Waals surface area contributed by atoms with Crippen LogP contribution in [0, 0.1) is 40.9 Å². The lowest BCUT2D eigenvalue weighted by atomic mass is 9.60. The zero-order valence-electron chi connectivity index (χ0n) is 11.8. The summed E-state index contributed by atoms with van der Waals surface area (Å²) in [7, 11) is 0. The third-order valence-corrected chi connectivity index (χ3v) is 5.41. The molecule has 2 bridgehead atoms. The van der Waals surface area contributed by atoms with Gasteiger partial charge in [-0.25, -0.2) is 0 Å². The molecule has 0 radical (unpaired) electrons. The van der Waals surface area contributed by atoms with Gasteiger partial charge in [-0.05, 0) is 29.1 Å². The lowest BCUT2D eigenvalue weighted by molar-refractivity contribution is -0.154. The summed E-state index contributed by atoms with van der Waals surface area (Å²) in [6.07, 6.45) is 3.89. The van der Waals surface area contributed by atoms with Crippen LogP contribution in [0.3, 0.4) is 0 Å². The first-order valence-corrected chi connectivity index (χ1v) is 6.90. The molecule has 0 heterocycles. The summed E-state index contributed by atoms with van der Waals surface area (Å²) in [5.74, 6) is -3.38. The Morgan fingerprint density at radius 3 is 1.42 bits per heavy atom. The van der Waals surface area contributed by atoms with E-state index in [2.05, 4.69) is 27.7 Å². The lowest BCUT2D eigenvalue weighted by Crippen LogP contribution is -2.40. The fourth-order valence-corrected chi connectivity index (χ4v) is 4.92. The van der Waals surface area contributed by atoms with Gasteiger partial charge in [-0.3, -0.25) is 9.59 Å². The van der Waals surface area contributed by atoms with Crippen molar-refractivity contribution in [2.24, 2.45) is 40.9 Å². The first-order chi connectivity index (χ1) is 8.76. The zero-order valence-corrected chi connectivity index (χ0v) is 11.8. The predicted molar refractivity (Wildman–Crippen MR) is 70.5 cm³/mol. The van der Waals surface area contributed by atoms with Crippen molar-refractivity contribution >= 4 is 11.9 Å². The van der Waals surface area contributed by atoms with Crippen LogP contribution in [0.4, 0.5) is 0 Å². The highest BCUT2D eigenvalue weighted by molar-refractivity contribution is 5.83. The van der Waals surface area contributed by atoms with Crippen molar-refractivity contribution in [3.05, 3.63) is 12.2 Å². The molecule has 2 N–H and O–H groups in total. The molecule has 4 heteroatoms. The number of carboxylic acids is 2. The van der Waals surface area contributed by atoms with E-state index in [0.717, 1.165) is 0 Å². The molecule has 4 unspecified atom stereocenters. The Morgan fingerprint density at radius 2 is 1.21 bits per heavy atom. The van der Waals surface area contributed by atoms with Gasteiger partial charge in [0.1, 0.15) is 0 Å². The molecule has 4 atom stereocenters. The zero-order chi connectivity index (χ0) is 14.5. The fraction of sp³-hybridized carbons (Fsp3) is 0.733. The quantitative estimate of drug-likeness (QED) is 0.767. The van der Waals surface area contributed by atoms with Gasteiger partial charge < -0.3 is 10.2 Å². The largest absolute Gasteiger partial charge is 0.481 e. The van der Waals surface area contributed by atoms with Crippen molar-refractivity contribution in [2.45, 2.75) is 27.7 Å². The van der Waals surface area contributed by atoms with Crippen LogP contribution >= 0.6 is 0 Å². The Balaban J connectivity index is 2.58. The van der Waals surface area contributed by atoms with Crippen LogP contribution in [-0.2, 0) is 9.59 Å². The predicted octanol–water partition coefficient (Wildman–Crippen LogP) is 2.50. The summed E-state index contributed by atoms with van der Waals surface area (Å²) in [5.41, 5.74) is -0.244. The van der Waals surface area contributed by atoms with Crippen LogP contribution in [0.2, 0.25) is 0 Å². The Kier molecular flexibility index (Phi) is 3.23. The van der Waals surface area contributed by atoms with Crippen LogP contribution in [-0.4, -0.2) is 22.2 Å². The molecule has 4 nitrogen and oxygen atoms in total. The standard InChI is InChI=1S/C15H22O4/c1-7(2)15(8(3)4)9-5-6-10(15)12(14(18)19)11(9)13(16)17/h5-12H,1-4H3,(H,16,17)(H,18,19). The smallest absolute Gasteiger partial charge is 0.308 e. The van der Waals surface area contributed by atoms with Crippen LogP contribution in [0.5, 0.6) is 0 Å². The van der Waals surface area contributed by atoms with Crippen molar-refractivity contribution in [3.63, 3.8) is 0 Å². The number of fused-ring (bicyclic) bond motifs is 2. The minimum atomic E-state index is -0.977. The third kappa shape index (κ3) is 1.58. The molecule has 19 heavy (non-hydrogen) atoms. The summed E-state index contributed by atoms with van der Waals surface area (Å²) in [6, 6.07) is 0. The Bertz CT molecular complexity index is 395. The molecular formula is C15H22O4. The number of hydrogen-bond acceptors (Lipinski definition) is 2. The van der Waals surface area contributed by atoms with Crippen LogP contribution in [0.1, 0.15) is 27.7 Å². The molecule has 0 spiro atoms. The summed E-state index contributed by atoms with van der Waals surface area (Å²) in [4.78, 5) is 23.1. The van der Waals surface area contributed by atoms with E-state index in [0.29, 0.717) is 0 Å². The monoisotopic (exact) mass is 266 g/mol. The molecule has 0 aromatic heterocycles. The van der Waals surface area contributed by atoms with Gasteiger partial charge in [-0.1, -0.05) is 39.8 Å². The van der Waals surface area contributed by atoms with Crippen molar-refractivity contribution in [2.75, 3.05) is 0 Å². The number of aliphatic carboxylic acids is 2. The number of hydrogen-bond donors (Lipinski definition) is 2. The van der Waals surface area contributed by atoms with E-state index in [-0.39, 0.29) is 29.1 Å². The Morgan fingerprint density at radius 1 is 0.895 bits per heavy atom. The maximum Gasteiger partial charge on any atom is 0.308 e. The van der Waals surface area contributed by atoms with Gasteiger partial charge in [0.2, 0.25) is 0 Å².